The van der Waals surface area contributed by atoms with Crippen LogP contribution in [0, 0.1) is 24.4 Å². The fourth-order valence-electron chi connectivity index (χ4n) is 1.55. The Morgan fingerprint density at radius 1 is 1.30 bits per heavy atom. The Morgan fingerprint density at radius 2 is 2.00 bits per heavy atom. The summed E-state index contributed by atoms with van der Waals surface area (Å²) in [6, 6.07) is 1.62. The van der Waals surface area contributed by atoms with Gasteiger partial charge in [-0.1, -0.05) is 11.3 Å². The van der Waals surface area contributed by atoms with Crippen molar-refractivity contribution in [1.29, 1.82) is 0 Å². The van der Waals surface area contributed by atoms with Crippen molar-refractivity contribution in [2.75, 3.05) is 5.32 Å². The second-order valence-corrected chi connectivity index (χ2v) is 4.82. The van der Waals surface area contributed by atoms with E-state index >= 15 is 0 Å². The van der Waals surface area contributed by atoms with Crippen LogP contribution in [0.2, 0.25) is 0 Å². The van der Waals surface area contributed by atoms with Crippen LogP contribution >= 0.6 is 11.3 Å². The van der Waals surface area contributed by atoms with Crippen molar-refractivity contribution < 1.29 is 18.0 Å². The molecule has 0 fully saturated rings. The van der Waals surface area contributed by atoms with E-state index in [-0.39, 0.29) is 11.4 Å². The van der Waals surface area contributed by atoms with Gasteiger partial charge in [0.05, 0.1) is 5.69 Å². The fourth-order valence-corrected chi connectivity index (χ4v) is 2.29. The lowest BCUT2D eigenvalue weighted by Crippen LogP contribution is -2.25. The van der Waals surface area contributed by atoms with Crippen LogP contribution in [0.25, 0.3) is 0 Å². The van der Waals surface area contributed by atoms with Crippen LogP contribution in [0.4, 0.5) is 18.9 Å². The lowest BCUT2D eigenvalue weighted by Gasteiger charge is -2.08. The molecule has 106 valence electrons. The summed E-state index contributed by atoms with van der Waals surface area (Å²) in [6.45, 7) is 1.32. The molecule has 0 unspecified atom stereocenters. The van der Waals surface area contributed by atoms with E-state index in [4.69, 9.17) is 0 Å². The number of benzene rings is 1. The van der Waals surface area contributed by atoms with Crippen LogP contribution in [0.3, 0.4) is 0 Å². The predicted octanol–water partition coefficient (Wildman–Crippen LogP) is 2.27. The van der Waals surface area contributed by atoms with Gasteiger partial charge in [-0.05, 0) is 19.1 Å². The van der Waals surface area contributed by atoms with E-state index in [0.29, 0.717) is 11.8 Å². The molecule has 2 rings (SSSR count). The molecule has 0 radical (unpaired) electrons. The minimum atomic E-state index is -1.66. The highest BCUT2D eigenvalue weighted by Gasteiger charge is 2.16. The van der Waals surface area contributed by atoms with Crippen LogP contribution in [0.1, 0.15) is 5.69 Å². The first-order chi connectivity index (χ1) is 9.40. The number of hydrogen-bond donors (Lipinski definition) is 1. The highest BCUT2D eigenvalue weighted by Crippen LogP contribution is 2.19. The van der Waals surface area contributed by atoms with Gasteiger partial charge >= 0.3 is 4.87 Å². The maximum atomic E-state index is 13.4. The molecule has 0 spiro atoms. The SMILES string of the molecule is Cc1csc(=O)n1CC(=O)Nc1ccc(F)c(F)c1F. The van der Waals surface area contributed by atoms with Gasteiger partial charge in [0, 0.05) is 11.1 Å². The van der Waals surface area contributed by atoms with Crippen molar-refractivity contribution >= 4 is 22.9 Å². The molecule has 0 aliphatic rings. The number of halogens is 3. The van der Waals surface area contributed by atoms with Crippen LogP contribution in [-0.2, 0) is 11.3 Å². The molecule has 1 heterocycles. The first-order valence-corrected chi connectivity index (χ1v) is 6.36. The third-order valence-corrected chi connectivity index (χ3v) is 3.47. The molecule has 2 aromatic rings. The lowest BCUT2D eigenvalue weighted by molar-refractivity contribution is -0.116. The molecule has 0 saturated heterocycles. The Balaban J connectivity index is 2.17. The van der Waals surface area contributed by atoms with Gasteiger partial charge in [0.2, 0.25) is 5.91 Å². The molecular weight excluding hydrogens is 293 g/mol. The number of carbonyl (C=O) groups is 1. The fraction of sp³-hybridized carbons (Fsp3) is 0.167. The van der Waals surface area contributed by atoms with E-state index in [0.717, 1.165) is 17.4 Å². The predicted molar refractivity (Wildman–Crippen MR) is 68.3 cm³/mol. The molecule has 0 aliphatic heterocycles. The minimum absolute atomic E-state index is 0.327. The number of hydrogen-bond acceptors (Lipinski definition) is 3. The summed E-state index contributed by atoms with van der Waals surface area (Å²) < 4.78 is 40.3. The maximum Gasteiger partial charge on any atom is 0.307 e. The second-order valence-electron chi connectivity index (χ2n) is 4.00. The van der Waals surface area contributed by atoms with Gasteiger partial charge in [0.1, 0.15) is 6.54 Å². The van der Waals surface area contributed by atoms with Crippen molar-refractivity contribution in [3.63, 3.8) is 0 Å². The molecule has 4 nitrogen and oxygen atoms in total. The average molecular weight is 302 g/mol. The van der Waals surface area contributed by atoms with E-state index in [1.165, 1.54) is 4.57 Å². The molecule has 0 aliphatic carbocycles. The van der Waals surface area contributed by atoms with Crippen molar-refractivity contribution in [2.24, 2.45) is 0 Å². The van der Waals surface area contributed by atoms with Crippen molar-refractivity contribution in [1.82, 2.24) is 4.57 Å². The number of amides is 1. The average Bonchev–Trinajstić information content (AvgIpc) is 2.71. The Morgan fingerprint density at radius 3 is 2.60 bits per heavy atom. The van der Waals surface area contributed by atoms with Gasteiger partial charge in [-0.25, -0.2) is 13.2 Å². The van der Waals surface area contributed by atoms with Crippen molar-refractivity contribution in [2.45, 2.75) is 13.5 Å². The summed E-state index contributed by atoms with van der Waals surface area (Å²) in [4.78, 5) is 22.8. The Kier molecular flexibility index (Phi) is 3.93. The van der Waals surface area contributed by atoms with E-state index in [9.17, 15) is 22.8 Å². The summed E-state index contributed by atoms with van der Waals surface area (Å²) in [5, 5.41) is 3.67. The summed E-state index contributed by atoms with van der Waals surface area (Å²) in [5.41, 5.74) is 0.107. The summed E-state index contributed by atoms with van der Waals surface area (Å²) >= 11 is 0.931. The maximum absolute atomic E-state index is 13.4. The third kappa shape index (κ3) is 2.74. The zero-order valence-electron chi connectivity index (χ0n) is 10.2. The van der Waals surface area contributed by atoms with Crippen molar-refractivity contribution in [3.8, 4) is 0 Å². The molecule has 20 heavy (non-hydrogen) atoms. The number of carbonyl (C=O) groups excluding carboxylic acids is 1. The lowest BCUT2D eigenvalue weighted by atomic mass is 10.2. The Bertz CT molecular complexity index is 724. The van der Waals surface area contributed by atoms with Gasteiger partial charge in [-0.15, -0.1) is 0 Å². The zero-order valence-corrected chi connectivity index (χ0v) is 11.1. The molecule has 0 saturated carbocycles. The van der Waals surface area contributed by atoms with Crippen LogP contribution in [0.15, 0.2) is 22.3 Å². The van der Waals surface area contributed by atoms with E-state index < -0.39 is 29.0 Å². The molecule has 1 N–H and O–H groups in total. The molecular formula is C12H9F3N2O2S. The number of rotatable bonds is 3. The quantitative estimate of drug-likeness (QED) is 0.884. The van der Waals surface area contributed by atoms with Gasteiger partial charge < -0.3 is 5.32 Å². The molecule has 1 aromatic heterocycles. The molecule has 8 heteroatoms. The largest absolute Gasteiger partial charge is 0.322 e. The van der Waals surface area contributed by atoms with Crippen LogP contribution in [-0.4, -0.2) is 10.5 Å². The van der Waals surface area contributed by atoms with Crippen LogP contribution in [0.5, 0.6) is 0 Å². The van der Waals surface area contributed by atoms with E-state index in [2.05, 4.69) is 5.32 Å². The number of nitrogens with one attached hydrogen (secondary N) is 1. The van der Waals surface area contributed by atoms with Crippen LogP contribution < -0.4 is 10.2 Å². The van der Waals surface area contributed by atoms with Crippen molar-refractivity contribution in [3.05, 3.63) is 50.3 Å². The smallest absolute Gasteiger partial charge is 0.307 e. The minimum Gasteiger partial charge on any atom is -0.322 e. The normalized spacial score (nSPS) is 10.6. The van der Waals surface area contributed by atoms with Gasteiger partial charge in [-0.2, -0.15) is 0 Å². The van der Waals surface area contributed by atoms with E-state index in [1.807, 2.05) is 0 Å². The number of nitrogens with zero attached hydrogens (tertiary/aromatic N) is 1. The monoisotopic (exact) mass is 302 g/mol. The number of aryl methyl sites for hydroxylation is 1. The molecule has 0 atom stereocenters. The second kappa shape index (κ2) is 5.49. The first kappa shape index (κ1) is 14.3. The summed E-state index contributed by atoms with van der Waals surface area (Å²) in [7, 11) is 0. The number of thiazole rings is 1. The summed E-state index contributed by atoms with van der Waals surface area (Å²) in [5.74, 6) is -5.19. The molecule has 1 aromatic carbocycles. The highest BCUT2D eigenvalue weighted by atomic mass is 32.1. The Hall–Kier alpha value is -2.09. The summed E-state index contributed by atoms with van der Waals surface area (Å²) in [6.07, 6.45) is 0. The zero-order chi connectivity index (χ0) is 14.9. The van der Waals surface area contributed by atoms with Gasteiger partial charge in [0.25, 0.3) is 0 Å². The number of aromatic nitrogens is 1. The Labute approximate surface area is 115 Å². The van der Waals surface area contributed by atoms with E-state index in [1.54, 1.807) is 12.3 Å². The third-order valence-electron chi connectivity index (χ3n) is 2.59. The number of anilines is 1. The first-order valence-electron chi connectivity index (χ1n) is 5.48. The molecule has 1 amide bonds. The van der Waals surface area contributed by atoms with Gasteiger partial charge in [-0.3, -0.25) is 14.2 Å². The standard InChI is InChI=1S/C12H9F3N2O2S/c1-6-5-20-12(19)17(6)4-9(18)16-8-3-2-7(13)10(14)11(8)15/h2-3,5H,4H2,1H3,(H,16,18). The van der Waals surface area contributed by atoms with Gasteiger partial charge in [0.15, 0.2) is 17.5 Å². The molecule has 0 bridgehead atoms. The highest BCUT2D eigenvalue weighted by molar-refractivity contribution is 7.07. The topological polar surface area (TPSA) is 51.1 Å².